The molecule has 0 radical (unpaired) electrons. The van der Waals surface area contributed by atoms with Crippen LogP contribution in [0.15, 0.2) is 60.8 Å². The zero-order chi connectivity index (χ0) is 13.9. The van der Waals surface area contributed by atoms with Crippen molar-refractivity contribution in [3.63, 3.8) is 0 Å². The summed E-state index contributed by atoms with van der Waals surface area (Å²) in [7, 11) is 0. The van der Waals surface area contributed by atoms with Gasteiger partial charge >= 0.3 is 0 Å². The summed E-state index contributed by atoms with van der Waals surface area (Å²) in [6.45, 7) is 2.70. The van der Waals surface area contributed by atoms with Crippen LogP contribution in [0, 0.1) is 0 Å². The highest BCUT2D eigenvalue weighted by Gasteiger charge is 2.05. The predicted octanol–water partition coefficient (Wildman–Crippen LogP) is 3.61. The molecule has 1 atom stereocenters. The van der Waals surface area contributed by atoms with E-state index in [1.165, 1.54) is 22.0 Å². The van der Waals surface area contributed by atoms with Gasteiger partial charge in [-0.15, -0.1) is 0 Å². The Bertz CT molecular complexity index is 698. The van der Waals surface area contributed by atoms with Gasteiger partial charge in [0.25, 0.3) is 0 Å². The molecule has 102 valence electrons. The van der Waals surface area contributed by atoms with Gasteiger partial charge in [-0.25, -0.2) is 0 Å². The molecule has 0 bridgehead atoms. The van der Waals surface area contributed by atoms with Crippen LogP contribution in [-0.2, 0) is 13.0 Å². The summed E-state index contributed by atoms with van der Waals surface area (Å²) in [5, 5.41) is 10.8. The molecule has 2 heteroatoms. The molecule has 1 heterocycles. The van der Waals surface area contributed by atoms with Crippen LogP contribution in [0.2, 0.25) is 0 Å². The highest BCUT2D eigenvalue weighted by molar-refractivity contribution is 5.81. The molecule has 0 spiro atoms. The van der Waals surface area contributed by atoms with E-state index in [1.807, 2.05) is 13.0 Å². The molecule has 20 heavy (non-hydrogen) atoms. The Balaban J connectivity index is 1.94. The van der Waals surface area contributed by atoms with Crippen molar-refractivity contribution in [2.24, 2.45) is 0 Å². The van der Waals surface area contributed by atoms with E-state index < -0.39 is 0 Å². The zero-order valence-electron chi connectivity index (χ0n) is 11.7. The van der Waals surface area contributed by atoms with Gasteiger partial charge in [0.05, 0.1) is 6.10 Å². The molecule has 0 saturated heterocycles. The zero-order valence-corrected chi connectivity index (χ0v) is 11.7. The third-order valence-electron chi connectivity index (χ3n) is 3.57. The van der Waals surface area contributed by atoms with Gasteiger partial charge in [-0.05, 0) is 42.0 Å². The van der Waals surface area contributed by atoms with Gasteiger partial charge < -0.3 is 9.67 Å². The Morgan fingerprint density at radius 2 is 1.80 bits per heavy atom. The molecule has 1 N–H and O–H groups in total. The molecule has 1 unspecified atom stereocenters. The van der Waals surface area contributed by atoms with E-state index in [1.54, 1.807) is 0 Å². The van der Waals surface area contributed by atoms with E-state index in [2.05, 4.69) is 59.3 Å². The van der Waals surface area contributed by atoms with Crippen molar-refractivity contribution in [3.8, 4) is 0 Å². The average molecular weight is 265 g/mol. The number of hydrogen-bond donors (Lipinski definition) is 1. The van der Waals surface area contributed by atoms with Gasteiger partial charge in [-0.2, -0.15) is 0 Å². The van der Waals surface area contributed by atoms with Crippen molar-refractivity contribution in [1.29, 1.82) is 0 Å². The third-order valence-corrected chi connectivity index (χ3v) is 3.57. The normalized spacial score (nSPS) is 12.7. The lowest BCUT2D eigenvalue weighted by Gasteiger charge is -2.08. The second-order valence-corrected chi connectivity index (χ2v) is 5.38. The van der Waals surface area contributed by atoms with Crippen LogP contribution in [0.5, 0.6) is 0 Å². The van der Waals surface area contributed by atoms with Crippen molar-refractivity contribution < 1.29 is 5.11 Å². The van der Waals surface area contributed by atoms with Crippen molar-refractivity contribution in [2.45, 2.75) is 26.0 Å². The van der Waals surface area contributed by atoms with Crippen LogP contribution >= 0.6 is 0 Å². The summed E-state index contributed by atoms with van der Waals surface area (Å²) >= 11 is 0. The summed E-state index contributed by atoms with van der Waals surface area (Å²) in [5.41, 5.74) is 3.71. The van der Waals surface area contributed by atoms with Crippen LogP contribution in [0.3, 0.4) is 0 Å². The van der Waals surface area contributed by atoms with Crippen molar-refractivity contribution in [1.82, 2.24) is 4.57 Å². The minimum Gasteiger partial charge on any atom is -0.393 e. The summed E-state index contributed by atoms with van der Waals surface area (Å²) in [4.78, 5) is 0. The lowest BCUT2D eigenvalue weighted by atomic mass is 10.1. The highest BCUT2D eigenvalue weighted by atomic mass is 16.3. The van der Waals surface area contributed by atoms with Gasteiger partial charge in [0.15, 0.2) is 0 Å². The lowest BCUT2D eigenvalue weighted by Crippen LogP contribution is -2.04. The molecule has 3 rings (SSSR count). The molecule has 0 fully saturated rings. The number of rotatable bonds is 4. The van der Waals surface area contributed by atoms with Crippen molar-refractivity contribution in [2.75, 3.05) is 0 Å². The minimum absolute atomic E-state index is 0.301. The summed E-state index contributed by atoms with van der Waals surface area (Å²) in [5.74, 6) is 0. The van der Waals surface area contributed by atoms with Gasteiger partial charge in [0.1, 0.15) is 0 Å². The first-order valence-corrected chi connectivity index (χ1v) is 7.02. The number of nitrogens with zero attached hydrogens (tertiary/aromatic N) is 1. The number of aliphatic hydroxyl groups excluding tert-OH is 1. The summed E-state index contributed by atoms with van der Waals surface area (Å²) in [6, 6.07) is 19.0. The Hall–Kier alpha value is -2.06. The van der Waals surface area contributed by atoms with E-state index in [9.17, 15) is 5.11 Å². The molecule has 2 nitrogen and oxygen atoms in total. The molecule has 0 aliphatic rings. The molecule has 3 aromatic rings. The highest BCUT2D eigenvalue weighted by Crippen LogP contribution is 2.20. The van der Waals surface area contributed by atoms with Crippen LogP contribution < -0.4 is 0 Å². The van der Waals surface area contributed by atoms with E-state index in [4.69, 9.17) is 0 Å². The number of hydrogen-bond acceptors (Lipinski definition) is 1. The second kappa shape index (κ2) is 5.51. The predicted molar refractivity (Wildman–Crippen MR) is 82.9 cm³/mol. The quantitative estimate of drug-likeness (QED) is 0.766. The Morgan fingerprint density at radius 1 is 1.00 bits per heavy atom. The van der Waals surface area contributed by atoms with E-state index in [0.29, 0.717) is 6.42 Å². The first-order chi connectivity index (χ1) is 9.72. The molecular formula is C18H19NO. The lowest BCUT2D eigenvalue weighted by molar-refractivity contribution is 0.195. The maximum absolute atomic E-state index is 9.53. The van der Waals surface area contributed by atoms with Gasteiger partial charge in [0, 0.05) is 18.3 Å². The monoisotopic (exact) mass is 265 g/mol. The molecule has 2 aromatic carbocycles. The van der Waals surface area contributed by atoms with Crippen LogP contribution in [0.25, 0.3) is 10.9 Å². The van der Waals surface area contributed by atoms with Crippen molar-refractivity contribution in [3.05, 3.63) is 71.9 Å². The fourth-order valence-electron chi connectivity index (χ4n) is 2.62. The maximum atomic E-state index is 9.53. The fourth-order valence-corrected chi connectivity index (χ4v) is 2.62. The van der Waals surface area contributed by atoms with Gasteiger partial charge in [-0.1, -0.05) is 42.5 Å². The molecule has 1 aromatic heterocycles. The first-order valence-electron chi connectivity index (χ1n) is 7.02. The maximum Gasteiger partial charge on any atom is 0.0552 e. The Morgan fingerprint density at radius 3 is 2.55 bits per heavy atom. The van der Waals surface area contributed by atoms with E-state index in [0.717, 1.165) is 6.54 Å². The second-order valence-electron chi connectivity index (χ2n) is 5.38. The minimum atomic E-state index is -0.301. The average Bonchev–Trinajstić information content (AvgIpc) is 2.82. The topological polar surface area (TPSA) is 25.2 Å². The fraction of sp³-hybridized carbons (Fsp3) is 0.222. The van der Waals surface area contributed by atoms with Gasteiger partial charge in [-0.3, -0.25) is 0 Å². The third kappa shape index (κ3) is 2.75. The van der Waals surface area contributed by atoms with Gasteiger partial charge in [0.2, 0.25) is 0 Å². The number of aliphatic hydroxyl groups is 1. The molecule has 0 amide bonds. The molecule has 0 saturated carbocycles. The van der Waals surface area contributed by atoms with Crippen molar-refractivity contribution >= 4 is 10.9 Å². The standard InChI is InChI=1S/C18H19NO/c1-14(20)11-16-7-8-17-9-10-19(18(17)12-16)13-15-5-3-2-4-6-15/h2-10,12,14,20H,11,13H2,1H3. The van der Waals surface area contributed by atoms with Crippen LogP contribution in [-0.4, -0.2) is 15.8 Å². The van der Waals surface area contributed by atoms with E-state index in [-0.39, 0.29) is 6.10 Å². The molecule has 0 aliphatic carbocycles. The van der Waals surface area contributed by atoms with Crippen LogP contribution in [0.1, 0.15) is 18.1 Å². The SMILES string of the molecule is CC(O)Cc1ccc2ccn(Cc3ccccc3)c2c1. The van der Waals surface area contributed by atoms with Crippen LogP contribution in [0.4, 0.5) is 0 Å². The number of aromatic nitrogens is 1. The Labute approximate surface area is 119 Å². The Kier molecular flexibility index (Phi) is 3.57. The molecular weight excluding hydrogens is 246 g/mol. The number of fused-ring (bicyclic) bond motifs is 1. The largest absolute Gasteiger partial charge is 0.393 e. The number of benzene rings is 2. The summed E-state index contributed by atoms with van der Waals surface area (Å²) < 4.78 is 2.26. The summed E-state index contributed by atoms with van der Waals surface area (Å²) in [6.07, 6.45) is 2.53. The smallest absolute Gasteiger partial charge is 0.0552 e. The molecule has 0 aliphatic heterocycles. The first kappa shape index (κ1) is 12.9. The van der Waals surface area contributed by atoms with E-state index >= 15 is 0 Å².